The fourth-order valence-corrected chi connectivity index (χ4v) is 2.67. The van der Waals surface area contributed by atoms with Gasteiger partial charge in [-0.1, -0.05) is 20.8 Å². The third-order valence-electron chi connectivity index (χ3n) is 4.37. The zero-order valence-electron chi connectivity index (χ0n) is 16.7. The number of amides is 2. The fourth-order valence-electron chi connectivity index (χ4n) is 2.67. The zero-order valence-corrected chi connectivity index (χ0v) is 16.7. The van der Waals surface area contributed by atoms with E-state index in [1.807, 2.05) is 0 Å². The molecular weight excluding hydrogens is 375 g/mol. The van der Waals surface area contributed by atoms with E-state index in [1.165, 1.54) is 17.2 Å². The summed E-state index contributed by atoms with van der Waals surface area (Å²) in [6, 6.07) is 0.397. The lowest BCUT2D eigenvalue weighted by Crippen LogP contribution is -2.53. The van der Waals surface area contributed by atoms with Crippen LogP contribution in [0.2, 0.25) is 0 Å². The van der Waals surface area contributed by atoms with E-state index in [2.05, 4.69) is 10.3 Å². The highest BCUT2D eigenvalue weighted by Crippen LogP contribution is 2.44. The number of pyridine rings is 1. The van der Waals surface area contributed by atoms with Crippen molar-refractivity contribution in [3.8, 4) is 5.75 Å². The molecule has 9 heteroatoms. The van der Waals surface area contributed by atoms with Crippen LogP contribution in [0.15, 0.2) is 12.3 Å². The summed E-state index contributed by atoms with van der Waals surface area (Å²) in [7, 11) is 3.16. The number of ether oxygens (including phenoxy) is 1. The van der Waals surface area contributed by atoms with Crippen molar-refractivity contribution in [3.63, 3.8) is 0 Å². The Kier molecular flexibility index (Phi) is 6.25. The smallest absolute Gasteiger partial charge is 0.422 e. The Balaban J connectivity index is 2.25. The summed E-state index contributed by atoms with van der Waals surface area (Å²) in [6.45, 7) is 3.98. The van der Waals surface area contributed by atoms with Gasteiger partial charge in [-0.2, -0.15) is 13.2 Å². The van der Waals surface area contributed by atoms with Gasteiger partial charge in [0.15, 0.2) is 6.61 Å². The maximum absolute atomic E-state index is 12.7. The highest BCUT2D eigenvalue weighted by Gasteiger charge is 2.35. The van der Waals surface area contributed by atoms with E-state index < -0.39 is 30.1 Å². The van der Waals surface area contributed by atoms with Crippen molar-refractivity contribution in [2.24, 2.45) is 5.41 Å². The van der Waals surface area contributed by atoms with Gasteiger partial charge in [-0.15, -0.1) is 0 Å². The number of carbonyl (C=O) groups excluding carboxylic acids is 2. The zero-order chi connectivity index (χ0) is 21.3. The number of carbonyl (C=O) groups is 2. The molecule has 0 aliphatic heterocycles. The average molecular weight is 401 g/mol. The molecular formula is C19H26F3N3O3. The molecule has 28 heavy (non-hydrogen) atoms. The van der Waals surface area contributed by atoms with Crippen LogP contribution in [0, 0.1) is 5.41 Å². The first kappa shape index (κ1) is 22.0. The molecule has 2 rings (SSSR count). The van der Waals surface area contributed by atoms with Crippen LogP contribution in [0.25, 0.3) is 0 Å². The molecule has 6 nitrogen and oxygen atoms in total. The van der Waals surface area contributed by atoms with E-state index in [-0.39, 0.29) is 23.3 Å². The minimum absolute atomic E-state index is 0.00576. The molecule has 0 saturated heterocycles. The second kappa shape index (κ2) is 7.97. The highest BCUT2D eigenvalue weighted by atomic mass is 19.4. The number of nitrogens with one attached hydrogen (secondary N) is 1. The van der Waals surface area contributed by atoms with E-state index in [1.54, 1.807) is 34.9 Å². The van der Waals surface area contributed by atoms with E-state index in [0.717, 1.165) is 12.8 Å². The monoisotopic (exact) mass is 401 g/mol. The summed E-state index contributed by atoms with van der Waals surface area (Å²) in [5.74, 6) is -0.824. The SMILES string of the molecule is CN(C)C(=O)C(NC(=O)c1cc(OCC(F)(F)F)c(C2CC2)cn1)C(C)(C)C. The molecule has 0 spiro atoms. The second-order valence-electron chi connectivity index (χ2n) is 8.29. The van der Waals surface area contributed by atoms with Crippen LogP contribution < -0.4 is 10.1 Å². The number of halogens is 3. The van der Waals surface area contributed by atoms with Crippen LogP contribution in [0.4, 0.5) is 13.2 Å². The third kappa shape index (κ3) is 5.84. The summed E-state index contributed by atoms with van der Waals surface area (Å²) in [4.78, 5) is 30.5. The molecule has 1 aromatic heterocycles. The van der Waals surface area contributed by atoms with Gasteiger partial charge in [-0.3, -0.25) is 14.6 Å². The maximum atomic E-state index is 12.7. The summed E-state index contributed by atoms with van der Waals surface area (Å²) in [5, 5.41) is 2.65. The molecule has 2 amide bonds. The molecule has 1 aliphatic rings. The normalized spacial score (nSPS) is 15.7. The van der Waals surface area contributed by atoms with Gasteiger partial charge < -0.3 is 15.0 Å². The molecule has 1 fully saturated rings. The molecule has 1 heterocycles. The molecule has 1 aliphatic carbocycles. The van der Waals surface area contributed by atoms with Gasteiger partial charge in [-0.05, 0) is 24.2 Å². The highest BCUT2D eigenvalue weighted by molar-refractivity contribution is 5.96. The Hall–Kier alpha value is -2.32. The minimum Gasteiger partial charge on any atom is -0.484 e. The second-order valence-corrected chi connectivity index (χ2v) is 8.29. The molecule has 1 N–H and O–H groups in total. The molecule has 0 radical (unpaired) electrons. The molecule has 1 saturated carbocycles. The Bertz CT molecular complexity index is 738. The Morgan fingerprint density at radius 2 is 1.89 bits per heavy atom. The van der Waals surface area contributed by atoms with Crippen LogP contribution in [-0.2, 0) is 4.79 Å². The quantitative estimate of drug-likeness (QED) is 0.795. The van der Waals surface area contributed by atoms with E-state index in [4.69, 9.17) is 4.74 Å². The van der Waals surface area contributed by atoms with Crippen molar-refractivity contribution in [3.05, 3.63) is 23.5 Å². The number of alkyl halides is 3. The predicted octanol–water partition coefficient (Wildman–Crippen LogP) is 3.13. The first-order chi connectivity index (χ1) is 12.8. The minimum atomic E-state index is -4.48. The lowest BCUT2D eigenvalue weighted by molar-refractivity contribution is -0.153. The van der Waals surface area contributed by atoms with Gasteiger partial charge in [0.1, 0.15) is 17.5 Å². The molecule has 0 aromatic carbocycles. The van der Waals surface area contributed by atoms with E-state index >= 15 is 0 Å². The van der Waals surface area contributed by atoms with Crippen molar-refractivity contribution in [1.29, 1.82) is 0 Å². The Labute approximate surface area is 162 Å². The van der Waals surface area contributed by atoms with Gasteiger partial charge >= 0.3 is 6.18 Å². The lowest BCUT2D eigenvalue weighted by Gasteiger charge is -2.32. The van der Waals surface area contributed by atoms with Crippen molar-refractivity contribution in [1.82, 2.24) is 15.2 Å². The van der Waals surface area contributed by atoms with Crippen LogP contribution in [0.5, 0.6) is 5.75 Å². The number of rotatable bonds is 6. The van der Waals surface area contributed by atoms with E-state index in [9.17, 15) is 22.8 Å². The van der Waals surface area contributed by atoms with Crippen molar-refractivity contribution < 1.29 is 27.5 Å². The summed E-state index contributed by atoms with van der Waals surface area (Å²) in [5.41, 5.74) is -0.0967. The average Bonchev–Trinajstić information content (AvgIpc) is 3.39. The van der Waals surface area contributed by atoms with Crippen molar-refractivity contribution in [2.45, 2.75) is 51.7 Å². The summed E-state index contributed by atoms with van der Waals surface area (Å²) >= 11 is 0. The number of hydrogen-bond acceptors (Lipinski definition) is 4. The third-order valence-corrected chi connectivity index (χ3v) is 4.37. The first-order valence-electron chi connectivity index (χ1n) is 9.01. The Morgan fingerprint density at radius 3 is 2.36 bits per heavy atom. The van der Waals surface area contributed by atoms with Crippen LogP contribution in [-0.4, -0.2) is 54.6 Å². The standard InChI is InChI=1S/C19H26F3N3O3/c1-18(2,3)15(17(27)25(4)5)24-16(26)13-8-14(28-10-19(20,21)22)12(9-23-13)11-6-7-11/h8-9,11,15H,6-7,10H2,1-5H3,(H,24,26). The van der Waals surface area contributed by atoms with Gasteiger partial charge in [0, 0.05) is 31.9 Å². The van der Waals surface area contributed by atoms with Gasteiger partial charge in [0.2, 0.25) is 5.91 Å². The summed E-state index contributed by atoms with van der Waals surface area (Å²) in [6.07, 6.45) is -1.40. The Morgan fingerprint density at radius 1 is 1.29 bits per heavy atom. The number of hydrogen-bond donors (Lipinski definition) is 1. The number of likely N-dealkylation sites (N-methyl/N-ethyl adjacent to an activating group) is 1. The largest absolute Gasteiger partial charge is 0.484 e. The molecule has 1 atom stereocenters. The van der Waals surface area contributed by atoms with E-state index in [0.29, 0.717) is 5.56 Å². The topological polar surface area (TPSA) is 71.5 Å². The summed E-state index contributed by atoms with van der Waals surface area (Å²) < 4.78 is 42.6. The van der Waals surface area contributed by atoms with Gasteiger partial charge in [-0.25, -0.2) is 0 Å². The van der Waals surface area contributed by atoms with Crippen LogP contribution >= 0.6 is 0 Å². The van der Waals surface area contributed by atoms with Crippen LogP contribution in [0.1, 0.15) is 55.6 Å². The number of aromatic nitrogens is 1. The molecule has 156 valence electrons. The molecule has 0 bridgehead atoms. The lowest BCUT2D eigenvalue weighted by atomic mass is 9.85. The first-order valence-corrected chi connectivity index (χ1v) is 9.01. The van der Waals surface area contributed by atoms with Crippen molar-refractivity contribution in [2.75, 3.05) is 20.7 Å². The van der Waals surface area contributed by atoms with Crippen LogP contribution in [0.3, 0.4) is 0 Å². The number of nitrogens with zero attached hydrogens (tertiary/aromatic N) is 2. The molecule has 1 unspecified atom stereocenters. The predicted molar refractivity (Wildman–Crippen MR) is 97.2 cm³/mol. The maximum Gasteiger partial charge on any atom is 0.422 e. The fraction of sp³-hybridized carbons (Fsp3) is 0.632. The van der Waals surface area contributed by atoms with Crippen molar-refractivity contribution >= 4 is 11.8 Å². The molecule has 1 aromatic rings. The van der Waals surface area contributed by atoms with Gasteiger partial charge in [0.05, 0.1) is 0 Å². The van der Waals surface area contributed by atoms with Gasteiger partial charge in [0.25, 0.3) is 5.91 Å².